The summed E-state index contributed by atoms with van der Waals surface area (Å²) in [6, 6.07) is 10.0. The van der Waals surface area contributed by atoms with Crippen molar-refractivity contribution in [3.63, 3.8) is 0 Å². The van der Waals surface area contributed by atoms with Gasteiger partial charge in [0.2, 0.25) is 0 Å². The molecule has 0 aliphatic heterocycles. The second kappa shape index (κ2) is 4.77. The smallest absolute Gasteiger partial charge is 0.0463 e. The average molecular weight is 191 g/mol. The number of nitrogens with zero attached hydrogens (tertiary/aromatic N) is 1. The van der Waals surface area contributed by atoms with Gasteiger partial charge in [-0.25, -0.2) is 0 Å². The molecule has 1 aromatic carbocycles. The summed E-state index contributed by atoms with van der Waals surface area (Å²) in [5.74, 6) is 0. The summed E-state index contributed by atoms with van der Waals surface area (Å²) >= 11 is 5.23. The van der Waals surface area contributed by atoms with Gasteiger partial charge in [-0.05, 0) is 17.8 Å². The summed E-state index contributed by atoms with van der Waals surface area (Å²) in [7, 11) is 3.95. The number of thiocarbonyl (C=S) groups is 1. The third-order valence-corrected chi connectivity index (χ3v) is 1.95. The van der Waals surface area contributed by atoms with Crippen molar-refractivity contribution in [3.05, 3.63) is 48.2 Å². The molecule has 0 saturated carbocycles. The molecule has 0 aliphatic rings. The molecule has 0 atom stereocenters. The Bertz CT molecular complexity index is 301. The normalized spacial score (nSPS) is 10.3. The van der Waals surface area contributed by atoms with Crippen molar-refractivity contribution in [1.29, 1.82) is 0 Å². The molecule has 0 aromatic heterocycles. The molecule has 0 unspecified atom stereocenters. The lowest BCUT2D eigenvalue weighted by Crippen LogP contribution is -2.02. The number of hydrogen-bond donors (Lipinski definition) is 0. The number of allylic oxidation sites excluding steroid dienone is 1. The zero-order valence-electron chi connectivity index (χ0n) is 7.90. The highest BCUT2D eigenvalue weighted by molar-refractivity contribution is 7.81. The highest BCUT2D eigenvalue weighted by Gasteiger charge is 1.93. The van der Waals surface area contributed by atoms with Crippen LogP contribution in [0.4, 0.5) is 0 Å². The van der Waals surface area contributed by atoms with E-state index in [4.69, 9.17) is 12.2 Å². The van der Waals surface area contributed by atoms with Crippen LogP contribution < -0.4 is 0 Å². The van der Waals surface area contributed by atoms with Crippen molar-refractivity contribution >= 4 is 17.1 Å². The monoisotopic (exact) mass is 191 g/mol. The molecule has 0 aliphatic carbocycles. The summed E-state index contributed by atoms with van der Waals surface area (Å²) < 4.78 is 0. The summed E-state index contributed by atoms with van der Waals surface area (Å²) in [6.07, 6.45) is 3.89. The van der Waals surface area contributed by atoms with Crippen LogP contribution in [0.3, 0.4) is 0 Å². The zero-order chi connectivity index (χ0) is 9.68. The minimum atomic E-state index is 0.870. The van der Waals surface area contributed by atoms with E-state index >= 15 is 0 Å². The Morgan fingerprint density at radius 2 is 1.85 bits per heavy atom. The average Bonchev–Trinajstić information content (AvgIpc) is 2.15. The Balaban J connectivity index is 2.70. The van der Waals surface area contributed by atoms with Gasteiger partial charge < -0.3 is 4.90 Å². The lowest BCUT2D eigenvalue weighted by molar-refractivity contribution is 0.564. The van der Waals surface area contributed by atoms with Crippen LogP contribution in [0, 0.1) is 0 Å². The van der Waals surface area contributed by atoms with Gasteiger partial charge in [-0.3, -0.25) is 0 Å². The van der Waals surface area contributed by atoms with Crippen molar-refractivity contribution in [2.75, 3.05) is 14.1 Å². The fourth-order valence-corrected chi connectivity index (χ4v) is 1.11. The molecule has 0 radical (unpaired) electrons. The molecule has 0 saturated heterocycles. The van der Waals surface area contributed by atoms with E-state index in [1.807, 2.05) is 61.6 Å². The highest BCUT2D eigenvalue weighted by Crippen LogP contribution is 2.02. The summed E-state index contributed by atoms with van der Waals surface area (Å²) in [4.78, 5) is 2.84. The maximum absolute atomic E-state index is 5.23. The maximum atomic E-state index is 5.23. The van der Waals surface area contributed by atoms with E-state index < -0.39 is 0 Å². The van der Waals surface area contributed by atoms with Crippen molar-refractivity contribution in [3.8, 4) is 0 Å². The van der Waals surface area contributed by atoms with Gasteiger partial charge in [0.05, 0.1) is 0 Å². The Morgan fingerprint density at radius 3 is 2.38 bits per heavy atom. The Morgan fingerprint density at radius 1 is 1.23 bits per heavy atom. The third kappa shape index (κ3) is 3.38. The van der Waals surface area contributed by atoms with E-state index in [1.165, 1.54) is 0 Å². The third-order valence-electron chi connectivity index (χ3n) is 1.58. The minimum absolute atomic E-state index is 0.870. The zero-order valence-corrected chi connectivity index (χ0v) is 8.71. The molecule has 0 heterocycles. The maximum Gasteiger partial charge on any atom is 0.0463 e. The molecule has 1 aromatic rings. The van der Waals surface area contributed by atoms with Crippen LogP contribution in [0.2, 0.25) is 0 Å². The molecule has 0 fully saturated rings. The molecule has 0 spiro atoms. The van der Waals surface area contributed by atoms with Crippen LogP contribution in [0.15, 0.2) is 42.6 Å². The predicted molar refractivity (Wildman–Crippen MR) is 61.0 cm³/mol. The highest BCUT2D eigenvalue weighted by atomic mass is 32.1. The first kappa shape index (κ1) is 9.93. The molecule has 2 heteroatoms. The fraction of sp³-hybridized carbons (Fsp3) is 0.182. The topological polar surface area (TPSA) is 3.24 Å². The van der Waals surface area contributed by atoms with Crippen LogP contribution in [0.5, 0.6) is 0 Å². The molecular weight excluding hydrogens is 178 g/mol. The first-order chi connectivity index (χ1) is 6.20. The SMILES string of the molecule is CN(C)/C=C/C(=S)c1ccccc1. The molecule has 0 amide bonds. The number of rotatable bonds is 3. The van der Waals surface area contributed by atoms with Gasteiger partial charge in [-0.1, -0.05) is 42.5 Å². The van der Waals surface area contributed by atoms with Gasteiger partial charge in [0.25, 0.3) is 0 Å². The van der Waals surface area contributed by atoms with Crippen LogP contribution in [0.25, 0.3) is 0 Å². The van der Waals surface area contributed by atoms with Crippen molar-refractivity contribution in [2.45, 2.75) is 0 Å². The first-order valence-corrected chi connectivity index (χ1v) is 4.55. The summed E-state index contributed by atoms with van der Waals surface area (Å²) in [6.45, 7) is 0. The predicted octanol–water partition coefficient (Wildman–Crippen LogP) is 2.48. The fourth-order valence-electron chi connectivity index (χ4n) is 0.915. The lowest BCUT2D eigenvalue weighted by atomic mass is 10.1. The Hall–Kier alpha value is -1.15. The van der Waals surface area contributed by atoms with Gasteiger partial charge in [0.1, 0.15) is 0 Å². The van der Waals surface area contributed by atoms with E-state index in [-0.39, 0.29) is 0 Å². The van der Waals surface area contributed by atoms with Gasteiger partial charge in [0.15, 0.2) is 0 Å². The van der Waals surface area contributed by atoms with Gasteiger partial charge in [0, 0.05) is 19.0 Å². The van der Waals surface area contributed by atoms with Crippen LogP contribution in [-0.2, 0) is 0 Å². The molecule has 1 nitrogen and oxygen atoms in total. The van der Waals surface area contributed by atoms with E-state index in [0.29, 0.717) is 0 Å². The van der Waals surface area contributed by atoms with Crippen molar-refractivity contribution in [1.82, 2.24) is 4.90 Å². The van der Waals surface area contributed by atoms with E-state index in [1.54, 1.807) is 0 Å². The molecule has 68 valence electrons. The molecule has 1 rings (SSSR count). The lowest BCUT2D eigenvalue weighted by Gasteiger charge is -2.03. The molecule has 0 N–H and O–H groups in total. The Labute approximate surface area is 84.7 Å². The first-order valence-electron chi connectivity index (χ1n) is 4.14. The van der Waals surface area contributed by atoms with Gasteiger partial charge in [-0.15, -0.1) is 0 Å². The standard InChI is InChI=1S/C11H13NS/c1-12(2)9-8-11(13)10-6-4-3-5-7-10/h3-9H,1-2H3/b9-8+. The van der Waals surface area contributed by atoms with Crippen LogP contribution in [0.1, 0.15) is 5.56 Å². The van der Waals surface area contributed by atoms with Crippen molar-refractivity contribution in [2.24, 2.45) is 0 Å². The second-order valence-electron chi connectivity index (χ2n) is 3.01. The van der Waals surface area contributed by atoms with Gasteiger partial charge in [-0.2, -0.15) is 0 Å². The van der Waals surface area contributed by atoms with E-state index in [0.717, 1.165) is 10.4 Å². The van der Waals surface area contributed by atoms with E-state index in [9.17, 15) is 0 Å². The molecule has 0 bridgehead atoms. The molecular formula is C11H13NS. The van der Waals surface area contributed by atoms with Crippen LogP contribution >= 0.6 is 12.2 Å². The Kier molecular flexibility index (Phi) is 3.65. The quantitative estimate of drug-likeness (QED) is 0.410. The number of hydrogen-bond acceptors (Lipinski definition) is 2. The van der Waals surface area contributed by atoms with Crippen LogP contribution in [-0.4, -0.2) is 23.9 Å². The second-order valence-corrected chi connectivity index (χ2v) is 3.45. The minimum Gasteiger partial charge on any atom is -0.383 e. The van der Waals surface area contributed by atoms with Crippen molar-refractivity contribution < 1.29 is 0 Å². The van der Waals surface area contributed by atoms with Gasteiger partial charge >= 0.3 is 0 Å². The van der Waals surface area contributed by atoms with E-state index in [2.05, 4.69) is 0 Å². The summed E-state index contributed by atoms with van der Waals surface area (Å²) in [5, 5.41) is 0. The molecule has 13 heavy (non-hydrogen) atoms. The number of benzene rings is 1. The summed E-state index contributed by atoms with van der Waals surface area (Å²) in [5.41, 5.74) is 1.09. The largest absolute Gasteiger partial charge is 0.383 e.